The maximum Gasteiger partial charge on any atom is 0.243 e. The summed E-state index contributed by atoms with van der Waals surface area (Å²) in [6, 6.07) is 12.6. The molecule has 200 valence electrons. The van der Waals surface area contributed by atoms with Crippen molar-refractivity contribution < 1.29 is 12.8 Å². The van der Waals surface area contributed by atoms with Crippen LogP contribution < -0.4 is 4.90 Å². The molecular weight excluding hydrogens is 513 g/mol. The minimum absolute atomic E-state index is 0.109. The average Bonchev–Trinajstić information content (AvgIpc) is 3.19. The minimum Gasteiger partial charge on any atom is -0.354 e. The molecule has 0 N–H and O–H groups in total. The molecule has 37 heavy (non-hydrogen) atoms. The van der Waals surface area contributed by atoms with Crippen LogP contribution in [0.3, 0.4) is 0 Å². The van der Waals surface area contributed by atoms with Crippen LogP contribution in [0.4, 0.5) is 10.2 Å². The van der Waals surface area contributed by atoms with E-state index in [1.54, 1.807) is 35.0 Å². The normalized spacial score (nSPS) is 15.2. The predicted octanol–water partition coefficient (Wildman–Crippen LogP) is 4.96. The zero-order valence-corrected chi connectivity index (χ0v) is 23.4. The van der Waals surface area contributed by atoms with Gasteiger partial charge in [-0.15, -0.1) is 0 Å². The van der Waals surface area contributed by atoms with Crippen molar-refractivity contribution in [1.29, 1.82) is 0 Å². The Kier molecular flexibility index (Phi) is 8.58. The Labute approximate surface area is 224 Å². The van der Waals surface area contributed by atoms with Gasteiger partial charge in [-0.05, 0) is 61.9 Å². The maximum atomic E-state index is 14.2. The number of sulfonamides is 1. The van der Waals surface area contributed by atoms with Crippen LogP contribution in [0.15, 0.2) is 53.4 Å². The number of benzene rings is 2. The van der Waals surface area contributed by atoms with Crippen LogP contribution in [0.25, 0.3) is 5.69 Å². The summed E-state index contributed by atoms with van der Waals surface area (Å²) >= 11 is 6.02. The number of hydrogen-bond acceptors (Lipinski definition) is 5. The third-order valence-corrected chi connectivity index (χ3v) is 8.76. The Hall–Kier alpha value is -2.46. The number of likely N-dealkylation sites (N-methyl/N-ethyl adjacent to an activating group) is 1. The quantitative estimate of drug-likeness (QED) is 0.379. The van der Waals surface area contributed by atoms with E-state index in [0.717, 1.165) is 49.8 Å². The highest BCUT2D eigenvalue weighted by molar-refractivity contribution is 7.89. The fourth-order valence-corrected chi connectivity index (χ4v) is 6.41. The minimum atomic E-state index is -3.80. The molecule has 2 heterocycles. The van der Waals surface area contributed by atoms with Gasteiger partial charge in [-0.1, -0.05) is 38.4 Å². The average molecular weight is 548 g/mol. The van der Waals surface area contributed by atoms with Crippen molar-refractivity contribution in [2.45, 2.75) is 39.1 Å². The van der Waals surface area contributed by atoms with Gasteiger partial charge < -0.3 is 9.80 Å². The van der Waals surface area contributed by atoms with E-state index in [2.05, 4.69) is 16.7 Å². The topological polar surface area (TPSA) is 61.7 Å². The second-order valence-corrected chi connectivity index (χ2v) is 12.2. The van der Waals surface area contributed by atoms with Crippen molar-refractivity contribution in [3.8, 4) is 5.69 Å². The summed E-state index contributed by atoms with van der Waals surface area (Å²) in [6.45, 7) is 12.8. The molecule has 0 aliphatic carbocycles. The number of halogens is 2. The SMILES string of the molecule is CCN1CCN(c2c(CN(CC(C)C)S(=O)(=O)c3ccc(Cl)cc3)c(C)nn2-c2cccc(F)c2)CC1. The molecule has 0 spiro atoms. The van der Waals surface area contributed by atoms with Crippen molar-refractivity contribution in [1.82, 2.24) is 19.0 Å². The molecule has 0 radical (unpaired) electrons. The third-order valence-electron chi connectivity index (χ3n) is 6.68. The van der Waals surface area contributed by atoms with E-state index in [4.69, 9.17) is 16.7 Å². The van der Waals surface area contributed by atoms with Gasteiger partial charge in [0.15, 0.2) is 0 Å². The lowest BCUT2D eigenvalue weighted by Gasteiger charge is -2.36. The van der Waals surface area contributed by atoms with Gasteiger partial charge in [-0.2, -0.15) is 9.40 Å². The van der Waals surface area contributed by atoms with E-state index in [0.29, 0.717) is 17.3 Å². The summed E-state index contributed by atoms with van der Waals surface area (Å²) < 4.78 is 45.0. The van der Waals surface area contributed by atoms with E-state index >= 15 is 0 Å². The van der Waals surface area contributed by atoms with Gasteiger partial charge in [0.1, 0.15) is 11.6 Å². The van der Waals surface area contributed by atoms with Gasteiger partial charge in [0, 0.05) is 49.9 Å². The van der Waals surface area contributed by atoms with Crippen LogP contribution >= 0.6 is 11.6 Å². The standard InChI is InChI=1S/C27H35ClFN5O2S/c1-5-31-13-15-32(16-14-31)27-26(21(4)30-34(27)24-8-6-7-23(29)17-24)19-33(18-20(2)3)37(35,36)25-11-9-22(28)10-12-25/h6-12,17,20H,5,13-16,18-19H2,1-4H3. The van der Waals surface area contributed by atoms with Crippen molar-refractivity contribution >= 4 is 27.4 Å². The molecule has 0 saturated carbocycles. The molecule has 0 atom stereocenters. The monoisotopic (exact) mass is 547 g/mol. The van der Waals surface area contributed by atoms with Gasteiger partial charge in [0.25, 0.3) is 0 Å². The van der Waals surface area contributed by atoms with Crippen LogP contribution in [-0.4, -0.2) is 66.7 Å². The Morgan fingerprint density at radius 2 is 1.76 bits per heavy atom. The van der Waals surface area contributed by atoms with E-state index < -0.39 is 10.0 Å². The molecule has 1 fully saturated rings. The van der Waals surface area contributed by atoms with Gasteiger partial charge in [0.2, 0.25) is 10.0 Å². The molecule has 1 aliphatic heterocycles. The zero-order valence-electron chi connectivity index (χ0n) is 21.9. The molecule has 10 heteroatoms. The number of aromatic nitrogens is 2. The number of anilines is 1. The number of piperazine rings is 1. The maximum absolute atomic E-state index is 14.2. The van der Waals surface area contributed by atoms with Crippen molar-refractivity contribution in [3.63, 3.8) is 0 Å². The number of rotatable bonds is 9. The lowest BCUT2D eigenvalue weighted by atomic mass is 10.1. The molecule has 0 bridgehead atoms. The molecule has 3 aromatic rings. The van der Waals surface area contributed by atoms with Crippen LogP contribution in [0.5, 0.6) is 0 Å². The Bertz CT molecular complexity index is 1320. The molecule has 2 aromatic carbocycles. The van der Waals surface area contributed by atoms with Crippen LogP contribution in [0, 0.1) is 18.7 Å². The fourth-order valence-electron chi connectivity index (χ4n) is 4.71. The summed E-state index contributed by atoms with van der Waals surface area (Å²) in [5.41, 5.74) is 2.16. The summed E-state index contributed by atoms with van der Waals surface area (Å²) in [5.74, 6) is 0.580. The first-order chi connectivity index (χ1) is 17.6. The highest BCUT2D eigenvalue weighted by Gasteiger charge is 2.31. The second kappa shape index (κ2) is 11.5. The van der Waals surface area contributed by atoms with Crippen molar-refractivity contribution in [3.05, 3.63) is 70.6 Å². The summed E-state index contributed by atoms with van der Waals surface area (Å²) in [4.78, 5) is 4.82. The first-order valence-electron chi connectivity index (χ1n) is 12.7. The zero-order chi connectivity index (χ0) is 26.7. The third kappa shape index (κ3) is 6.17. The van der Waals surface area contributed by atoms with Crippen LogP contribution in [0.2, 0.25) is 5.02 Å². The largest absolute Gasteiger partial charge is 0.354 e. The van der Waals surface area contributed by atoms with Gasteiger partial charge in [-0.25, -0.2) is 17.5 Å². The smallest absolute Gasteiger partial charge is 0.243 e. The molecule has 1 aromatic heterocycles. The van der Waals surface area contributed by atoms with Crippen molar-refractivity contribution in [2.75, 3.05) is 44.2 Å². The molecule has 7 nitrogen and oxygen atoms in total. The number of nitrogens with zero attached hydrogens (tertiary/aromatic N) is 5. The van der Waals surface area contributed by atoms with E-state index in [1.165, 1.54) is 16.4 Å². The molecule has 1 saturated heterocycles. The second-order valence-electron chi connectivity index (χ2n) is 9.85. The fraction of sp³-hybridized carbons (Fsp3) is 0.444. The van der Waals surface area contributed by atoms with Crippen LogP contribution in [-0.2, 0) is 16.6 Å². The summed E-state index contributed by atoms with van der Waals surface area (Å²) in [5, 5.41) is 5.27. The lowest BCUT2D eigenvalue weighted by molar-refractivity contribution is 0.269. The highest BCUT2D eigenvalue weighted by Crippen LogP contribution is 2.32. The number of aryl methyl sites for hydroxylation is 1. The van der Waals surface area contributed by atoms with E-state index in [-0.39, 0.29) is 23.2 Å². The van der Waals surface area contributed by atoms with E-state index in [9.17, 15) is 12.8 Å². The van der Waals surface area contributed by atoms with Crippen LogP contribution in [0.1, 0.15) is 32.0 Å². The van der Waals surface area contributed by atoms with E-state index in [1.807, 2.05) is 26.8 Å². The molecule has 4 rings (SSSR count). The van der Waals surface area contributed by atoms with Gasteiger partial charge in [-0.3, -0.25) is 0 Å². The molecule has 0 amide bonds. The Morgan fingerprint density at radius 3 is 2.35 bits per heavy atom. The summed E-state index contributed by atoms with van der Waals surface area (Å²) in [6.07, 6.45) is 0. The summed E-state index contributed by atoms with van der Waals surface area (Å²) in [7, 11) is -3.80. The Morgan fingerprint density at radius 1 is 1.08 bits per heavy atom. The first-order valence-corrected chi connectivity index (χ1v) is 14.5. The molecule has 0 unspecified atom stereocenters. The first kappa shape index (κ1) is 27.6. The molecular formula is C27H35ClFN5O2S. The van der Waals surface area contributed by atoms with Crippen molar-refractivity contribution in [2.24, 2.45) is 5.92 Å². The Balaban J connectivity index is 1.80. The predicted molar refractivity (Wildman–Crippen MR) is 146 cm³/mol. The number of hydrogen-bond donors (Lipinski definition) is 0. The molecule has 1 aliphatic rings. The highest BCUT2D eigenvalue weighted by atomic mass is 35.5. The van der Waals surface area contributed by atoms with Gasteiger partial charge in [0.05, 0.1) is 16.3 Å². The lowest BCUT2D eigenvalue weighted by Crippen LogP contribution is -2.47. The van der Waals surface area contributed by atoms with Gasteiger partial charge >= 0.3 is 0 Å².